The van der Waals surface area contributed by atoms with Crippen LogP contribution in [0.1, 0.15) is 24.2 Å². The normalized spacial score (nSPS) is 10.8. The molecule has 0 fully saturated rings. The highest BCUT2D eigenvalue weighted by molar-refractivity contribution is 9.11. The Hall–Kier alpha value is -2.10. The quantitative estimate of drug-likeness (QED) is 0.315. The zero-order chi connectivity index (χ0) is 23.3. The average molecular weight is 629 g/mol. The Bertz CT molecular complexity index is 1150. The van der Waals surface area contributed by atoms with Gasteiger partial charge in [-0.3, -0.25) is 20.4 Å². The van der Waals surface area contributed by atoms with E-state index in [9.17, 15) is 9.59 Å². The summed E-state index contributed by atoms with van der Waals surface area (Å²) in [5, 5.41) is 1.99. The van der Waals surface area contributed by atoms with E-state index in [0.717, 1.165) is 19.7 Å². The maximum Gasteiger partial charge on any atom is 0.276 e. The summed E-state index contributed by atoms with van der Waals surface area (Å²) in [7, 11) is 0. The van der Waals surface area contributed by atoms with Gasteiger partial charge in [0.2, 0.25) is 0 Å². The fourth-order valence-electron chi connectivity index (χ4n) is 2.75. The van der Waals surface area contributed by atoms with Crippen molar-refractivity contribution in [1.82, 2.24) is 10.9 Å². The van der Waals surface area contributed by atoms with Crippen LogP contribution in [0.3, 0.4) is 0 Å². The highest BCUT2D eigenvalue weighted by Gasteiger charge is 2.13. The van der Waals surface area contributed by atoms with Crippen molar-refractivity contribution in [1.29, 1.82) is 0 Å². The van der Waals surface area contributed by atoms with Crippen molar-refractivity contribution in [3.05, 3.63) is 67.5 Å². The maximum absolute atomic E-state index is 12.3. The van der Waals surface area contributed by atoms with Crippen LogP contribution < -0.4 is 20.3 Å². The number of hydrazine groups is 1. The van der Waals surface area contributed by atoms with E-state index in [1.165, 1.54) is 0 Å². The minimum Gasteiger partial charge on any atom is -0.492 e. The van der Waals surface area contributed by atoms with Gasteiger partial charge in [0.15, 0.2) is 6.61 Å². The highest BCUT2D eigenvalue weighted by Crippen LogP contribution is 2.34. The van der Waals surface area contributed by atoms with Crippen molar-refractivity contribution < 1.29 is 19.1 Å². The highest BCUT2D eigenvalue weighted by atomic mass is 79.9. The molecule has 0 saturated carbocycles. The average Bonchev–Trinajstić information content (AvgIpc) is 2.75. The number of hydrogen-bond donors (Lipinski definition) is 2. The van der Waals surface area contributed by atoms with Crippen molar-refractivity contribution >= 4 is 70.4 Å². The standard InChI is InChI=1S/C23H21Br3N2O4/c1-13(2)11-31-19-7-4-15(10-18(19)25)23(30)28-27-21(29)12-32-20-8-3-14-9-16(24)5-6-17(14)22(20)26/h3-10,13H,11-12H2,1-2H3,(H,27,29)(H,28,30). The Balaban J connectivity index is 1.53. The fourth-order valence-corrected chi connectivity index (χ4v) is 4.23. The molecule has 32 heavy (non-hydrogen) atoms. The van der Waals surface area contributed by atoms with E-state index in [-0.39, 0.29) is 6.61 Å². The van der Waals surface area contributed by atoms with Crippen LogP contribution in [0.5, 0.6) is 11.5 Å². The van der Waals surface area contributed by atoms with Crippen molar-refractivity contribution in [2.24, 2.45) is 5.92 Å². The zero-order valence-electron chi connectivity index (χ0n) is 17.4. The van der Waals surface area contributed by atoms with Crippen LogP contribution in [0, 0.1) is 5.92 Å². The first-order valence-corrected chi connectivity index (χ1v) is 12.1. The number of halogens is 3. The molecule has 0 heterocycles. The molecule has 0 unspecified atom stereocenters. The van der Waals surface area contributed by atoms with Gasteiger partial charge in [-0.05, 0) is 84.9 Å². The molecule has 0 atom stereocenters. The lowest BCUT2D eigenvalue weighted by Gasteiger charge is -2.13. The number of nitrogens with one attached hydrogen (secondary N) is 2. The molecule has 0 saturated heterocycles. The third-order valence-electron chi connectivity index (χ3n) is 4.32. The first kappa shape index (κ1) is 24.5. The molecular weight excluding hydrogens is 608 g/mol. The summed E-state index contributed by atoms with van der Waals surface area (Å²) < 4.78 is 13.7. The second kappa shape index (κ2) is 11.2. The molecule has 3 aromatic rings. The van der Waals surface area contributed by atoms with E-state index in [4.69, 9.17) is 9.47 Å². The summed E-state index contributed by atoms with van der Waals surface area (Å²) in [5.41, 5.74) is 5.12. The number of ether oxygens (including phenoxy) is 2. The first-order valence-electron chi connectivity index (χ1n) is 9.76. The van der Waals surface area contributed by atoms with Crippen LogP contribution in [0.15, 0.2) is 61.9 Å². The molecule has 168 valence electrons. The molecule has 0 bridgehead atoms. The Morgan fingerprint density at radius 1 is 0.906 bits per heavy atom. The third-order valence-corrected chi connectivity index (χ3v) is 6.25. The Labute approximate surface area is 211 Å². The van der Waals surface area contributed by atoms with Gasteiger partial charge in [0.25, 0.3) is 11.8 Å². The SMILES string of the molecule is CC(C)COc1ccc(C(=O)NNC(=O)COc2ccc3cc(Br)ccc3c2Br)cc1Br. The Morgan fingerprint density at radius 2 is 1.66 bits per heavy atom. The van der Waals surface area contributed by atoms with E-state index in [2.05, 4.69) is 72.5 Å². The van der Waals surface area contributed by atoms with Crippen LogP contribution in [0.2, 0.25) is 0 Å². The van der Waals surface area contributed by atoms with Gasteiger partial charge in [-0.15, -0.1) is 0 Å². The smallest absolute Gasteiger partial charge is 0.276 e. The lowest BCUT2D eigenvalue weighted by Crippen LogP contribution is -2.43. The number of carbonyl (C=O) groups is 2. The molecule has 0 aliphatic heterocycles. The van der Waals surface area contributed by atoms with E-state index >= 15 is 0 Å². The van der Waals surface area contributed by atoms with Gasteiger partial charge in [0, 0.05) is 10.0 Å². The molecule has 0 aliphatic rings. The topological polar surface area (TPSA) is 76.7 Å². The minimum atomic E-state index is -0.489. The molecule has 0 aliphatic carbocycles. The van der Waals surface area contributed by atoms with Gasteiger partial charge in [0.05, 0.1) is 15.6 Å². The molecule has 2 N–H and O–H groups in total. The number of benzene rings is 3. The molecule has 3 aromatic carbocycles. The second-order valence-electron chi connectivity index (χ2n) is 7.38. The molecule has 0 radical (unpaired) electrons. The number of carbonyl (C=O) groups excluding carboxylic acids is 2. The van der Waals surface area contributed by atoms with Crippen LogP contribution in [0.4, 0.5) is 0 Å². The summed E-state index contributed by atoms with van der Waals surface area (Å²) in [5.74, 6) is 0.631. The summed E-state index contributed by atoms with van der Waals surface area (Å²) in [4.78, 5) is 24.5. The summed E-state index contributed by atoms with van der Waals surface area (Å²) in [6.07, 6.45) is 0. The second-order valence-corrected chi connectivity index (χ2v) is 9.95. The predicted molar refractivity (Wildman–Crippen MR) is 135 cm³/mol. The van der Waals surface area contributed by atoms with E-state index in [1.54, 1.807) is 24.3 Å². The molecular formula is C23H21Br3N2O4. The van der Waals surface area contributed by atoms with Crippen molar-refractivity contribution in [2.75, 3.05) is 13.2 Å². The van der Waals surface area contributed by atoms with Gasteiger partial charge >= 0.3 is 0 Å². The summed E-state index contributed by atoms with van der Waals surface area (Å²) in [6, 6.07) is 14.5. The van der Waals surface area contributed by atoms with Gasteiger partial charge in [-0.1, -0.05) is 41.9 Å². The molecule has 0 aromatic heterocycles. The zero-order valence-corrected chi connectivity index (χ0v) is 22.1. The molecule has 9 heteroatoms. The van der Waals surface area contributed by atoms with Gasteiger partial charge < -0.3 is 9.47 Å². The lowest BCUT2D eigenvalue weighted by atomic mass is 10.1. The number of amides is 2. The van der Waals surface area contributed by atoms with Crippen LogP contribution >= 0.6 is 47.8 Å². The predicted octanol–water partition coefficient (Wildman–Crippen LogP) is 6.00. The largest absolute Gasteiger partial charge is 0.492 e. The van der Waals surface area contributed by atoms with Crippen molar-refractivity contribution in [3.63, 3.8) is 0 Å². The minimum absolute atomic E-state index is 0.257. The lowest BCUT2D eigenvalue weighted by molar-refractivity contribution is -0.123. The van der Waals surface area contributed by atoms with Gasteiger partial charge in [0.1, 0.15) is 11.5 Å². The number of fused-ring (bicyclic) bond motifs is 1. The monoisotopic (exact) mass is 626 g/mol. The fraction of sp³-hybridized carbons (Fsp3) is 0.217. The van der Waals surface area contributed by atoms with E-state index in [0.29, 0.717) is 34.1 Å². The number of hydrogen-bond acceptors (Lipinski definition) is 4. The summed E-state index contributed by atoms with van der Waals surface area (Å²) in [6.45, 7) is 4.43. The van der Waals surface area contributed by atoms with E-state index in [1.807, 2.05) is 24.3 Å². The van der Waals surface area contributed by atoms with Crippen LogP contribution in [-0.2, 0) is 4.79 Å². The first-order chi connectivity index (χ1) is 15.2. The Morgan fingerprint density at radius 3 is 2.38 bits per heavy atom. The van der Waals surface area contributed by atoms with Gasteiger partial charge in [-0.2, -0.15) is 0 Å². The number of rotatable bonds is 7. The molecule has 0 spiro atoms. The maximum atomic E-state index is 12.3. The van der Waals surface area contributed by atoms with Crippen molar-refractivity contribution in [2.45, 2.75) is 13.8 Å². The summed E-state index contributed by atoms with van der Waals surface area (Å²) >= 11 is 10.4. The third kappa shape index (κ3) is 6.46. The van der Waals surface area contributed by atoms with Crippen molar-refractivity contribution in [3.8, 4) is 11.5 Å². The van der Waals surface area contributed by atoms with Crippen LogP contribution in [-0.4, -0.2) is 25.0 Å². The van der Waals surface area contributed by atoms with E-state index < -0.39 is 11.8 Å². The molecule has 2 amide bonds. The Kier molecular flexibility index (Phi) is 8.56. The molecule has 6 nitrogen and oxygen atoms in total. The van der Waals surface area contributed by atoms with Crippen LogP contribution in [0.25, 0.3) is 10.8 Å². The molecule has 3 rings (SSSR count). The van der Waals surface area contributed by atoms with Gasteiger partial charge in [-0.25, -0.2) is 0 Å².